The standard InChI is InChI=1S/C16H19F3N2O/c1-3-4-8-15(22,14-20-9-10-21(14)2)12-6-5-7-13(11-12)16(17,18)19/h5-7,9-11,22H,3-4,8H2,1-2H3. The number of unbranched alkanes of at least 4 members (excludes halogenated alkanes) is 1. The molecule has 0 radical (unpaired) electrons. The van der Waals surface area contributed by atoms with Crippen LogP contribution in [0.25, 0.3) is 0 Å². The van der Waals surface area contributed by atoms with E-state index in [1.165, 1.54) is 18.3 Å². The minimum Gasteiger partial charge on any atom is -0.377 e. The molecular weight excluding hydrogens is 293 g/mol. The van der Waals surface area contributed by atoms with Crippen molar-refractivity contribution in [2.75, 3.05) is 0 Å². The number of aryl methyl sites for hydroxylation is 1. The highest BCUT2D eigenvalue weighted by Gasteiger charge is 2.37. The smallest absolute Gasteiger partial charge is 0.377 e. The molecule has 0 aliphatic rings. The van der Waals surface area contributed by atoms with E-state index in [1.54, 1.807) is 17.8 Å². The van der Waals surface area contributed by atoms with Crippen LogP contribution in [0.1, 0.15) is 43.1 Å². The summed E-state index contributed by atoms with van der Waals surface area (Å²) in [5.41, 5.74) is -2.09. The second kappa shape index (κ2) is 6.12. The molecule has 0 spiro atoms. The molecular formula is C16H19F3N2O. The Hall–Kier alpha value is -1.82. The van der Waals surface area contributed by atoms with Crippen LogP contribution in [0.15, 0.2) is 36.7 Å². The topological polar surface area (TPSA) is 38.1 Å². The van der Waals surface area contributed by atoms with Gasteiger partial charge in [-0.15, -0.1) is 0 Å². The van der Waals surface area contributed by atoms with Crippen LogP contribution in [0, 0.1) is 0 Å². The van der Waals surface area contributed by atoms with Crippen molar-refractivity contribution in [3.8, 4) is 0 Å². The van der Waals surface area contributed by atoms with Crippen LogP contribution >= 0.6 is 0 Å². The Morgan fingerprint density at radius 3 is 2.45 bits per heavy atom. The van der Waals surface area contributed by atoms with Crippen LogP contribution in [0.3, 0.4) is 0 Å². The van der Waals surface area contributed by atoms with Crippen molar-refractivity contribution in [1.82, 2.24) is 9.55 Å². The lowest BCUT2D eigenvalue weighted by Crippen LogP contribution is -2.31. The van der Waals surface area contributed by atoms with Crippen LogP contribution in [0.2, 0.25) is 0 Å². The summed E-state index contributed by atoms with van der Waals surface area (Å²) >= 11 is 0. The molecule has 1 heterocycles. The van der Waals surface area contributed by atoms with Crippen LogP contribution in [-0.4, -0.2) is 14.7 Å². The van der Waals surface area contributed by atoms with Gasteiger partial charge in [0.2, 0.25) is 0 Å². The van der Waals surface area contributed by atoms with E-state index in [1.807, 2.05) is 6.92 Å². The molecule has 0 bridgehead atoms. The van der Waals surface area contributed by atoms with Gasteiger partial charge in [0.1, 0.15) is 11.4 Å². The molecule has 0 saturated heterocycles. The quantitative estimate of drug-likeness (QED) is 0.910. The number of hydrogen-bond donors (Lipinski definition) is 1. The fraction of sp³-hybridized carbons (Fsp3) is 0.438. The molecule has 1 aromatic heterocycles. The van der Waals surface area contributed by atoms with Gasteiger partial charge in [-0.2, -0.15) is 13.2 Å². The van der Waals surface area contributed by atoms with Gasteiger partial charge in [0, 0.05) is 19.4 Å². The normalized spacial score (nSPS) is 14.8. The number of imidazole rings is 1. The predicted molar refractivity (Wildman–Crippen MR) is 77.2 cm³/mol. The summed E-state index contributed by atoms with van der Waals surface area (Å²) in [7, 11) is 1.72. The summed E-state index contributed by atoms with van der Waals surface area (Å²) in [5, 5.41) is 11.1. The monoisotopic (exact) mass is 312 g/mol. The van der Waals surface area contributed by atoms with E-state index in [0.29, 0.717) is 18.7 Å². The largest absolute Gasteiger partial charge is 0.416 e. The van der Waals surface area contributed by atoms with Crippen molar-refractivity contribution < 1.29 is 18.3 Å². The van der Waals surface area contributed by atoms with E-state index in [0.717, 1.165) is 18.6 Å². The molecule has 1 aromatic carbocycles. The molecule has 0 fully saturated rings. The van der Waals surface area contributed by atoms with Crippen molar-refractivity contribution in [3.63, 3.8) is 0 Å². The number of alkyl halides is 3. The van der Waals surface area contributed by atoms with Crippen molar-refractivity contribution in [1.29, 1.82) is 0 Å². The molecule has 6 heteroatoms. The first-order valence-corrected chi connectivity index (χ1v) is 7.17. The third kappa shape index (κ3) is 3.16. The first-order chi connectivity index (χ1) is 10.3. The molecule has 0 aliphatic heterocycles. The Morgan fingerprint density at radius 2 is 1.91 bits per heavy atom. The molecule has 2 aromatic rings. The maximum absolute atomic E-state index is 12.9. The van der Waals surface area contributed by atoms with Crippen LogP contribution in [-0.2, 0) is 18.8 Å². The molecule has 2 rings (SSSR count). The van der Waals surface area contributed by atoms with Gasteiger partial charge in [0.25, 0.3) is 0 Å². The highest BCUT2D eigenvalue weighted by Crippen LogP contribution is 2.37. The first-order valence-electron chi connectivity index (χ1n) is 7.17. The lowest BCUT2D eigenvalue weighted by molar-refractivity contribution is -0.137. The molecule has 22 heavy (non-hydrogen) atoms. The van der Waals surface area contributed by atoms with Gasteiger partial charge >= 0.3 is 6.18 Å². The fourth-order valence-electron chi connectivity index (χ4n) is 2.53. The lowest BCUT2D eigenvalue weighted by Gasteiger charge is -2.29. The molecule has 120 valence electrons. The Balaban J connectivity index is 2.53. The van der Waals surface area contributed by atoms with Gasteiger partial charge in [0.15, 0.2) is 0 Å². The first kappa shape index (κ1) is 16.5. The molecule has 1 atom stereocenters. The number of rotatable bonds is 5. The summed E-state index contributed by atoms with van der Waals surface area (Å²) < 4.78 is 40.4. The van der Waals surface area contributed by atoms with Crippen molar-refractivity contribution in [2.24, 2.45) is 7.05 Å². The minimum atomic E-state index is -4.44. The summed E-state index contributed by atoms with van der Waals surface area (Å²) in [6.07, 6.45) is 0.573. The zero-order valence-corrected chi connectivity index (χ0v) is 12.6. The van der Waals surface area contributed by atoms with E-state index in [9.17, 15) is 18.3 Å². The fourth-order valence-corrected chi connectivity index (χ4v) is 2.53. The summed E-state index contributed by atoms with van der Waals surface area (Å²) in [4.78, 5) is 4.14. The number of halogens is 3. The molecule has 0 saturated carbocycles. The predicted octanol–water partition coefficient (Wildman–Crippen LogP) is 3.87. The third-order valence-corrected chi connectivity index (χ3v) is 3.75. The van der Waals surface area contributed by atoms with E-state index < -0.39 is 17.3 Å². The van der Waals surface area contributed by atoms with Gasteiger partial charge in [-0.05, 0) is 24.1 Å². The summed E-state index contributed by atoms with van der Waals surface area (Å²) in [6.45, 7) is 1.96. The van der Waals surface area contributed by atoms with Crippen LogP contribution in [0.4, 0.5) is 13.2 Å². The number of aromatic nitrogens is 2. The van der Waals surface area contributed by atoms with E-state index >= 15 is 0 Å². The number of benzene rings is 1. The highest BCUT2D eigenvalue weighted by molar-refractivity contribution is 5.34. The van der Waals surface area contributed by atoms with Crippen molar-refractivity contribution >= 4 is 0 Å². The Bertz CT molecular complexity index is 636. The van der Waals surface area contributed by atoms with E-state index in [-0.39, 0.29) is 5.56 Å². The number of aliphatic hydroxyl groups is 1. The molecule has 0 aliphatic carbocycles. The Morgan fingerprint density at radius 1 is 1.23 bits per heavy atom. The Kier molecular flexibility index (Phi) is 4.60. The van der Waals surface area contributed by atoms with Crippen molar-refractivity contribution in [2.45, 2.75) is 38.0 Å². The minimum absolute atomic E-state index is 0.213. The third-order valence-electron chi connectivity index (χ3n) is 3.75. The lowest BCUT2D eigenvalue weighted by atomic mass is 9.86. The maximum Gasteiger partial charge on any atom is 0.416 e. The van der Waals surface area contributed by atoms with Crippen LogP contribution < -0.4 is 0 Å². The average molecular weight is 312 g/mol. The van der Waals surface area contributed by atoms with Gasteiger partial charge in [0.05, 0.1) is 5.56 Å². The number of hydrogen-bond acceptors (Lipinski definition) is 2. The SMILES string of the molecule is CCCCC(O)(c1cccc(C(F)(F)F)c1)c1nccn1C. The zero-order valence-electron chi connectivity index (χ0n) is 12.6. The molecule has 1 N–H and O–H groups in total. The zero-order chi connectivity index (χ0) is 16.4. The molecule has 3 nitrogen and oxygen atoms in total. The van der Waals surface area contributed by atoms with E-state index in [4.69, 9.17) is 0 Å². The number of nitrogens with zero attached hydrogens (tertiary/aromatic N) is 2. The molecule has 1 unspecified atom stereocenters. The summed E-state index contributed by atoms with van der Waals surface area (Å²) in [5.74, 6) is 0.347. The second-order valence-corrected chi connectivity index (χ2v) is 5.40. The Labute approximate surface area is 127 Å². The second-order valence-electron chi connectivity index (χ2n) is 5.40. The van der Waals surface area contributed by atoms with Crippen molar-refractivity contribution in [3.05, 3.63) is 53.6 Å². The van der Waals surface area contributed by atoms with Gasteiger partial charge < -0.3 is 9.67 Å². The highest BCUT2D eigenvalue weighted by atomic mass is 19.4. The average Bonchev–Trinajstić information content (AvgIpc) is 2.91. The molecule has 0 amide bonds. The van der Waals surface area contributed by atoms with Gasteiger partial charge in [-0.25, -0.2) is 4.98 Å². The van der Waals surface area contributed by atoms with Crippen LogP contribution in [0.5, 0.6) is 0 Å². The van der Waals surface area contributed by atoms with E-state index in [2.05, 4.69) is 4.98 Å². The maximum atomic E-state index is 12.9. The summed E-state index contributed by atoms with van der Waals surface area (Å²) in [6, 6.07) is 4.84. The van der Waals surface area contributed by atoms with Gasteiger partial charge in [-0.3, -0.25) is 0 Å². The van der Waals surface area contributed by atoms with Gasteiger partial charge in [-0.1, -0.05) is 31.9 Å².